The Kier molecular flexibility index (Phi) is 4.79. The van der Waals surface area contributed by atoms with E-state index in [9.17, 15) is 5.11 Å². The van der Waals surface area contributed by atoms with Crippen LogP contribution in [0.25, 0.3) is 0 Å². The molecule has 1 N–H and O–H groups in total. The molecule has 0 spiro atoms. The first-order chi connectivity index (χ1) is 11.6. The van der Waals surface area contributed by atoms with Crippen LogP contribution < -0.4 is 9.64 Å². The molecule has 0 aromatic heterocycles. The highest BCUT2D eigenvalue weighted by atomic mass is 16.5. The van der Waals surface area contributed by atoms with Gasteiger partial charge in [-0.05, 0) is 29.2 Å². The van der Waals surface area contributed by atoms with E-state index in [0.717, 1.165) is 30.9 Å². The monoisotopic (exact) mass is 323 g/mol. The number of phenols is 1. The minimum Gasteiger partial charge on any atom is -0.508 e. The summed E-state index contributed by atoms with van der Waals surface area (Å²) in [7, 11) is 0. The summed E-state index contributed by atoms with van der Waals surface area (Å²) in [6.45, 7) is 9.84. The number of phenolic OH excluding ortho intramolecular Hbond substituents is 1. The Morgan fingerprint density at radius 2 is 2.00 bits per heavy atom. The largest absolute Gasteiger partial charge is 0.508 e. The highest BCUT2D eigenvalue weighted by Crippen LogP contribution is 2.36. The third kappa shape index (κ3) is 3.56. The van der Waals surface area contributed by atoms with E-state index in [1.165, 1.54) is 11.1 Å². The first-order valence-electron chi connectivity index (χ1n) is 8.51. The van der Waals surface area contributed by atoms with Crippen molar-refractivity contribution in [2.75, 3.05) is 18.0 Å². The van der Waals surface area contributed by atoms with E-state index in [1.807, 2.05) is 12.1 Å². The van der Waals surface area contributed by atoms with Crippen LogP contribution in [0.3, 0.4) is 0 Å². The van der Waals surface area contributed by atoms with E-state index < -0.39 is 0 Å². The van der Waals surface area contributed by atoms with Gasteiger partial charge in [-0.3, -0.25) is 0 Å². The summed E-state index contributed by atoms with van der Waals surface area (Å²) in [6.07, 6.45) is 2.81. The highest BCUT2D eigenvalue weighted by Gasteiger charge is 2.25. The van der Waals surface area contributed by atoms with Crippen molar-refractivity contribution in [2.45, 2.75) is 32.3 Å². The molecule has 1 atom stereocenters. The molecule has 1 aliphatic rings. The summed E-state index contributed by atoms with van der Waals surface area (Å²) >= 11 is 0. The maximum absolute atomic E-state index is 9.74. The SMILES string of the molecule is C=CCN1CC(Cc2ccc(C(C)C)cc2)Oc2cc(O)ccc21. The van der Waals surface area contributed by atoms with Crippen LogP contribution in [0.2, 0.25) is 0 Å². The topological polar surface area (TPSA) is 32.7 Å². The summed E-state index contributed by atoms with van der Waals surface area (Å²) < 4.78 is 6.13. The van der Waals surface area contributed by atoms with Crippen LogP contribution in [0.15, 0.2) is 55.1 Å². The van der Waals surface area contributed by atoms with Crippen LogP contribution in [0.5, 0.6) is 11.5 Å². The molecule has 24 heavy (non-hydrogen) atoms. The van der Waals surface area contributed by atoms with Gasteiger partial charge in [0.1, 0.15) is 17.6 Å². The van der Waals surface area contributed by atoms with Gasteiger partial charge in [0.15, 0.2) is 0 Å². The van der Waals surface area contributed by atoms with Gasteiger partial charge in [-0.25, -0.2) is 0 Å². The quantitative estimate of drug-likeness (QED) is 0.822. The molecule has 0 amide bonds. The molecule has 1 unspecified atom stereocenters. The predicted molar refractivity (Wildman–Crippen MR) is 99.2 cm³/mol. The Morgan fingerprint density at radius 3 is 2.67 bits per heavy atom. The maximum atomic E-state index is 9.74. The van der Waals surface area contributed by atoms with Crippen LogP contribution in [0.1, 0.15) is 30.9 Å². The normalized spacial score (nSPS) is 16.6. The second-order valence-corrected chi connectivity index (χ2v) is 6.69. The molecule has 3 nitrogen and oxygen atoms in total. The number of rotatable bonds is 5. The van der Waals surface area contributed by atoms with Gasteiger partial charge in [0.25, 0.3) is 0 Å². The van der Waals surface area contributed by atoms with E-state index in [1.54, 1.807) is 12.1 Å². The Bertz CT molecular complexity index is 706. The van der Waals surface area contributed by atoms with Crippen molar-refractivity contribution < 1.29 is 9.84 Å². The summed E-state index contributed by atoms with van der Waals surface area (Å²) in [4.78, 5) is 2.25. The highest BCUT2D eigenvalue weighted by molar-refractivity contribution is 5.62. The molecule has 0 saturated carbocycles. The fourth-order valence-electron chi connectivity index (χ4n) is 3.16. The lowest BCUT2D eigenvalue weighted by Crippen LogP contribution is -2.41. The van der Waals surface area contributed by atoms with Crippen molar-refractivity contribution in [3.63, 3.8) is 0 Å². The van der Waals surface area contributed by atoms with Crippen molar-refractivity contribution in [1.82, 2.24) is 0 Å². The van der Waals surface area contributed by atoms with Gasteiger partial charge < -0.3 is 14.7 Å². The van der Waals surface area contributed by atoms with Gasteiger partial charge in [0.2, 0.25) is 0 Å². The van der Waals surface area contributed by atoms with E-state index in [4.69, 9.17) is 4.74 Å². The number of ether oxygens (including phenoxy) is 1. The number of benzene rings is 2. The summed E-state index contributed by atoms with van der Waals surface area (Å²) in [5.74, 6) is 1.52. The summed E-state index contributed by atoms with van der Waals surface area (Å²) in [5.41, 5.74) is 3.64. The Balaban J connectivity index is 1.78. The number of hydrogen-bond donors (Lipinski definition) is 1. The fraction of sp³-hybridized carbons (Fsp3) is 0.333. The molecule has 2 aromatic carbocycles. The van der Waals surface area contributed by atoms with Crippen LogP contribution >= 0.6 is 0 Å². The van der Waals surface area contributed by atoms with E-state index in [2.05, 4.69) is 49.6 Å². The lowest BCUT2D eigenvalue weighted by molar-refractivity contribution is 0.194. The summed E-state index contributed by atoms with van der Waals surface area (Å²) in [5, 5.41) is 9.74. The molecule has 126 valence electrons. The van der Waals surface area contributed by atoms with Crippen molar-refractivity contribution in [1.29, 1.82) is 0 Å². The van der Waals surface area contributed by atoms with Crippen molar-refractivity contribution in [3.8, 4) is 11.5 Å². The third-order valence-electron chi connectivity index (χ3n) is 4.46. The third-order valence-corrected chi connectivity index (χ3v) is 4.46. The van der Waals surface area contributed by atoms with Gasteiger partial charge in [-0.2, -0.15) is 0 Å². The minimum atomic E-state index is 0.0594. The Labute approximate surface area is 144 Å². The zero-order valence-electron chi connectivity index (χ0n) is 14.4. The molecule has 0 aliphatic carbocycles. The number of aromatic hydroxyl groups is 1. The first-order valence-corrected chi connectivity index (χ1v) is 8.51. The molecule has 0 saturated heterocycles. The van der Waals surface area contributed by atoms with Crippen molar-refractivity contribution >= 4 is 5.69 Å². The van der Waals surface area contributed by atoms with Gasteiger partial charge in [0.05, 0.1) is 12.2 Å². The fourth-order valence-corrected chi connectivity index (χ4v) is 3.16. The number of fused-ring (bicyclic) bond motifs is 1. The molecule has 0 radical (unpaired) electrons. The average Bonchev–Trinajstić information content (AvgIpc) is 2.55. The average molecular weight is 323 g/mol. The lowest BCUT2D eigenvalue weighted by atomic mass is 9.99. The standard InChI is InChI=1S/C21H25NO2/c1-4-11-22-14-19(24-21-13-18(23)9-10-20(21)22)12-16-5-7-17(8-6-16)15(2)3/h4-10,13,15,19,23H,1,11-12,14H2,2-3H3. The van der Waals surface area contributed by atoms with E-state index in [0.29, 0.717) is 5.92 Å². The van der Waals surface area contributed by atoms with Gasteiger partial charge in [-0.1, -0.05) is 44.2 Å². The summed E-state index contributed by atoms with van der Waals surface area (Å²) in [6, 6.07) is 14.1. The van der Waals surface area contributed by atoms with Gasteiger partial charge in [0, 0.05) is 19.0 Å². The lowest BCUT2D eigenvalue weighted by Gasteiger charge is -2.36. The van der Waals surface area contributed by atoms with Crippen LogP contribution in [-0.2, 0) is 6.42 Å². The molecule has 2 aromatic rings. The van der Waals surface area contributed by atoms with Crippen LogP contribution in [0, 0.1) is 0 Å². The van der Waals surface area contributed by atoms with Crippen molar-refractivity contribution in [2.24, 2.45) is 0 Å². The molecule has 1 heterocycles. The molecular weight excluding hydrogens is 298 g/mol. The van der Waals surface area contributed by atoms with E-state index in [-0.39, 0.29) is 11.9 Å². The van der Waals surface area contributed by atoms with E-state index >= 15 is 0 Å². The van der Waals surface area contributed by atoms with Gasteiger partial charge >= 0.3 is 0 Å². The number of nitrogens with zero attached hydrogens (tertiary/aromatic N) is 1. The molecular formula is C21H25NO2. The van der Waals surface area contributed by atoms with Crippen LogP contribution in [-0.4, -0.2) is 24.3 Å². The predicted octanol–water partition coefficient (Wildman–Crippen LogP) is 4.51. The molecule has 0 bridgehead atoms. The number of anilines is 1. The minimum absolute atomic E-state index is 0.0594. The van der Waals surface area contributed by atoms with Crippen LogP contribution in [0.4, 0.5) is 5.69 Å². The first kappa shape index (κ1) is 16.4. The molecule has 3 heteroatoms. The Hall–Kier alpha value is -2.42. The molecule has 1 aliphatic heterocycles. The zero-order valence-corrected chi connectivity index (χ0v) is 14.4. The smallest absolute Gasteiger partial charge is 0.146 e. The number of hydrogen-bond acceptors (Lipinski definition) is 3. The van der Waals surface area contributed by atoms with Gasteiger partial charge in [-0.15, -0.1) is 6.58 Å². The molecule has 0 fully saturated rings. The van der Waals surface area contributed by atoms with Crippen molar-refractivity contribution in [3.05, 3.63) is 66.2 Å². The Morgan fingerprint density at radius 1 is 1.25 bits per heavy atom. The second-order valence-electron chi connectivity index (χ2n) is 6.69. The second kappa shape index (κ2) is 7.00. The maximum Gasteiger partial charge on any atom is 0.146 e. The zero-order chi connectivity index (χ0) is 17.1. The molecule has 3 rings (SSSR count).